The quantitative estimate of drug-likeness (QED) is 0.850. The van der Waals surface area contributed by atoms with Crippen LogP contribution in [0.4, 0.5) is 5.69 Å². The summed E-state index contributed by atoms with van der Waals surface area (Å²) in [6.45, 7) is 7.46. The fraction of sp³-hybridized carbons (Fsp3) is 0.571. The molecule has 1 rings (SSSR count). The van der Waals surface area contributed by atoms with Crippen LogP contribution in [0.1, 0.15) is 19.4 Å². The first-order chi connectivity index (χ1) is 7.92. The zero-order valence-corrected chi connectivity index (χ0v) is 11.8. The smallest absolute Gasteiger partial charge is 0.121 e. The molecular weight excluding hydrogens is 212 g/mol. The van der Waals surface area contributed by atoms with Crippen LogP contribution >= 0.6 is 0 Å². The molecule has 17 heavy (non-hydrogen) atoms. The van der Waals surface area contributed by atoms with Gasteiger partial charge in [0, 0.05) is 24.8 Å². The third kappa shape index (κ3) is 3.13. The lowest BCUT2D eigenvalue weighted by Gasteiger charge is -2.37. The number of nitrogens with zero attached hydrogens (tertiary/aromatic N) is 1. The first kappa shape index (κ1) is 13.8. The van der Waals surface area contributed by atoms with Crippen molar-refractivity contribution in [2.75, 3.05) is 32.6 Å². The van der Waals surface area contributed by atoms with Crippen LogP contribution in [0.5, 0.6) is 5.75 Å². The second-order valence-electron chi connectivity index (χ2n) is 5.06. The van der Waals surface area contributed by atoms with Crippen LogP contribution < -0.4 is 15.0 Å². The van der Waals surface area contributed by atoms with Gasteiger partial charge in [0.25, 0.3) is 0 Å². The van der Waals surface area contributed by atoms with Crippen LogP contribution in [0.2, 0.25) is 0 Å². The summed E-state index contributed by atoms with van der Waals surface area (Å²) in [5.74, 6) is 0.938. The monoisotopic (exact) mass is 236 g/mol. The van der Waals surface area contributed by atoms with E-state index in [1.54, 1.807) is 7.11 Å². The third-order valence-electron chi connectivity index (χ3n) is 3.28. The van der Waals surface area contributed by atoms with E-state index < -0.39 is 0 Å². The number of benzene rings is 1. The fourth-order valence-electron chi connectivity index (χ4n) is 1.97. The lowest BCUT2D eigenvalue weighted by Crippen LogP contribution is -2.48. The van der Waals surface area contributed by atoms with E-state index in [1.807, 2.05) is 13.1 Å². The standard InChI is InChI=1S/C14H24N2O/c1-11-9-12(7-8-13(11)17-6)16(5)14(2,3)10-15-4/h7-9,15H,10H2,1-6H3. The maximum Gasteiger partial charge on any atom is 0.121 e. The molecule has 1 N–H and O–H groups in total. The molecule has 1 aromatic rings. The molecule has 3 heteroatoms. The average Bonchev–Trinajstić information content (AvgIpc) is 2.27. The van der Waals surface area contributed by atoms with Crippen LogP contribution in [-0.2, 0) is 0 Å². The molecule has 0 aromatic heterocycles. The Labute approximate surface area is 105 Å². The highest BCUT2D eigenvalue weighted by Crippen LogP contribution is 2.27. The van der Waals surface area contributed by atoms with E-state index in [-0.39, 0.29) is 5.54 Å². The molecule has 0 amide bonds. The molecule has 3 nitrogen and oxygen atoms in total. The maximum absolute atomic E-state index is 5.28. The summed E-state index contributed by atoms with van der Waals surface area (Å²) in [4.78, 5) is 2.29. The van der Waals surface area contributed by atoms with E-state index >= 15 is 0 Å². The van der Waals surface area contributed by atoms with Gasteiger partial charge in [-0.15, -0.1) is 0 Å². The van der Waals surface area contributed by atoms with Crippen molar-refractivity contribution < 1.29 is 4.74 Å². The van der Waals surface area contributed by atoms with Crippen molar-refractivity contribution >= 4 is 5.69 Å². The van der Waals surface area contributed by atoms with Crippen molar-refractivity contribution in [1.29, 1.82) is 0 Å². The number of likely N-dealkylation sites (N-methyl/N-ethyl adjacent to an activating group) is 2. The van der Waals surface area contributed by atoms with Crippen molar-refractivity contribution in [3.05, 3.63) is 23.8 Å². The minimum absolute atomic E-state index is 0.0791. The topological polar surface area (TPSA) is 24.5 Å². The molecule has 0 fully saturated rings. The molecule has 0 aliphatic rings. The van der Waals surface area contributed by atoms with Crippen molar-refractivity contribution in [2.45, 2.75) is 26.3 Å². The van der Waals surface area contributed by atoms with Gasteiger partial charge < -0.3 is 15.0 Å². The van der Waals surface area contributed by atoms with E-state index in [4.69, 9.17) is 4.74 Å². The SMILES string of the molecule is CNCC(C)(C)N(C)c1ccc(OC)c(C)c1. The van der Waals surface area contributed by atoms with Gasteiger partial charge in [-0.25, -0.2) is 0 Å². The second-order valence-corrected chi connectivity index (χ2v) is 5.06. The van der Waals surface area contributed by atoms with Gasteiger partial charge in [0.1, 0.15) is 5.75 Å². The first-order valence-electron chi connectivity index (χ1n) is 5.95. The summed E-state index contributed by atoms with van der Waals surface area (Å²) in [7, 11) is 5.81. The zero-order chi connectivity index (χ0) is 13.1. The highest BCUT2D eigenvalue weighted by Gasteiger charge is 2.23. The Kier molecular flexibility index (Phi) is 4.40. The Bertz CT molecular complexity index is 374. The zero-order valence-electron chi connectivity index (χ0n) is 11.8. The molecule has 0 spiro atoms. The number of methoxy groups -OCH3 is 1. The Morgan fingerprint density at radius 1 is 1.35 bits per heavy atom. The molecule has 0 atom stereocenters. The summed E-state index contributed by atoms with van der Waals surface area (Å²) >= 11 is 0. The van der Waals surface area contributed by atoms with Crippen molar-refractivity contribution in [1.82, 2.24) is 5.32 Å². The highest BCUT2D eigenvalue weighted by molar-refractivity contribution is 5.54. The van der Waals surface area contributed by atoms with Crippen molar-refractivity contribution in [3.63, 3.8) is 0 Å². The lowest BCUT2D eigenvalue weighted by atomic mass is 10.0. The molecule has 0 bridgehead atoms. The predicted molar refractivity (Wildman–Crippen MR) is 74.1 cm³/mol. The highest BCUT2D eigenvalue weighted by atomic mass is 16.5. The van der Waals surface area contributed by atoms with Gasteiger partial charge in [-0.1, -0.05) is 0 Å². The predicted octanol–water partition coefficient (Wildman–Crippen LogP) is 2.44. The number of nitrogens with one attached hydrogen (secondary N) is 1. The normalized spacial score (nSPS) is 11.4. The molecule has 0 aliphatic carbocycles. The second kappa shape index (κ2) is 5.41. The van der Waals surface area contributed by atoms with E-state index in [1.165, 1.54) is 5.69 Å². The molecular formula is C14H24N2O. The van der Waals surface area contributed by atoms with E-state index in [9.17, 15) is 0 Å². The number of aryl methyl sites for hydroxylation is 1. The minimum Gasteiger partial charge on any atom is -0.496 e. The summed E-state index contributed by atoms with van der Waals surface area (Å²) in [5.41, 5.74) is 2.45. The van der Waals surface area contributed by atoms with Gasteiger partial charge in [0.05, 0.1) is 7.11 Å². The fourth-order valence-corrected chi connectivity index (χ4v) is 1.97. The molecule has 0 heterocycles. The molecule has 0 unspecified atom stereocenters. The Balaban J connectivity index is 2.96. The van der Waals surface area contributed by atoms with Crippen LogP contribution in [0, 0.1) is 6.92 Å². The van der Waals surface area contributed by atoms with Crippen LogP contribution in [-0.4, -0.2) is 33.3 Å². The largest absolute Gasteiger partial charge is 0.496 e. The van der Waals surface area contributed by atoms with Crippen LogP contribution in [0.15, 0.2) is 18.2 Å². The number of hydrogen-bond acceptors (Lipinski definition) is 3. The Morgan fingerprint density at radius 3 is 2.47 bits per heavy atom. The average molecular weight is 236 g/mol. The van der Waals surface area contributed by atoms with Crippen LogP contribution in [0.3, 0.4) is 0 Å². The van der Waals surface area contributed by atoms with Crippen molar-refractivity contribution in [2.24, 2.45) is 0 Å². The van der Waals surface area contributed by atoms with Gasteiger partial charge in [-0.3, -0.25) is 0 Å². The molecule has 1 aromatic carbocycles. The first-order valence-corrected chi connectivity index (χ1v) is 5.95. The van der Waals surface area contributed by atoms with Gasteiger partial charge >= 0.3 is 0 Å². The number of ether oxygens (including phenoxy) is 1. The molecule has 96 valence electrons. The third-order valence-corrected chi connectivity index (χ3v) is 3.28. The summed E-state index contributed by atoms with van der Waals surface area (Å²) < 4.78 is 5.28. The maximum atomic E-state index is 5.28. The van der Waals surface area contributed by atoms with Gasteiger partial charge in [-0.05, 0) is 51.6 Å². The van der Waals surface area contributed by atoms with Gasteiger partial charge in [0.2, 0.25) is 0 Å². The Hall–Kier alpha value is -1.22. The minimum atomic E-state index is 0.0791. The summed E-state index contributed by atoms with van der Waals surface area (Å²) in [6, 6.07) is 6.29. The Morgan fingerprint density at radius 2 is 2.00 bits per heavy atom. The van der Waals surface area contributed by atoms with Gasteiger partial charge in [0.15, 0.2) is 0 Å². The summed E-state index contributed by atoms with van der Waals surface area (Å²) in [5, 5.41) is 3.23. The molecule has 0 aliphatic heterocycles. The number of anilines is 1. The molecule has 0 radical (unpaired) electrons. The summed E-state index contributed by atoms with van der Waals surface area (Å²) in [6.07, 6.45) is 0. The van der Waals surface area contributed by atoms with E-state index in [2.05, 4.69) is 50.2 Å². The lowest BCUT2D eigenvalue weighted by molar-refractivity contribution is 0.411. The van der Waals surface area contributed by atoms with Gasteiger partial charge in [-0.2, -0.15) is 0 Å². The van der Waals surface area contributed by atoms with Crippen molar-refractivity contribution in [3.8, 4) is 5.75 Å². The molecule has 0 saturated carbocycles. The molecule has 0 saturated heterocycles. The van der Waals surface area contributed by atoms with Crippen LogP contribution in [0.25, 0.3) is 0 Å². The van der Waals surface area contributed by atoms with E-state index in [0.29, 0.717) is 0 Å². The number of hydrogen-bond donors (Lipinski definition) is 1. The number of rotatable bonds is 5. The van der Waals surface area contributed by atoms with E-state index in [0.717, 1.165) is 17.9 Å².